The Kier molecular flexibility index (Phi) is 4.94. The number of rotatable bonds is 2. The number of nitriles is 2. The maximum Gasteiger partial charge on any atom is 0.190 e. The molecular formula is C30H24N4O. The highest BCUT2D eigenvalue weighted by molar-refractivity contribution is 6.10. The van der Waals surface area contributed by atoms with E-state index in [0.29, 0.717) is 5.92 Å². The molecule has 2 fully saturated rings. The Labute approximate surface area is 205 Å². The van der Waals surface area contributed by atoms with Crippen LogP contribution in [0.25, 0.3) is 5.70 Å². The molecule has 2 aliphatic carbocycles. The Bertz CT molecular complexity index is 1400. The number of hydrogen-bond acceptors (Lipinski definition) is 5. The first-order valence-corrected chi connectivity index (χ1v) is 12.1. The number of allylic oxidation sites excluding steroid dienone is 5. The van der Waals surface area contributed by atoms with Crippen LogP contribution in [0.4, 0.5) is 0 Å². The van der Waals surface area contributed by atoms with Gasteiger partial charge in [0.1, 0.15) is 23.4 Å². The molecule has 1 saturated heterocycles. The summed E-state index contributed by atoms with van der Waals surface area (Å²) in [6.07, 6.45) is 9.94. The van der Waals surface area contributed by atoms with Gasteiger partial charge >= 0.3 is 0 Å². The van der Waals surface area contributed by atoms with Gasteiger partial charge in [-0.05, 0) is 36.5 Å². The van der Waals surface area contributed by atoms with E-state index in [2.05, 4.69) is 58.8 Å². The van der Waals surface area contributed by atoms with Crippen LogP contribution in [0.3, 0.4) is 0 Å². The van der Waals surface area contributed by atoms with Crippen molar-refractivity contribution in [1.29, 1.82) is 10.5 Å². The summed E-state index contributed by atoms with van der Waals surface area (Å²) < 4.78 is 0. The highest BCUT2D eigenvalue weighted by atomic mass is 16.1. The molecule has 170 valence electrons. The summed E-state index contributed by atoms with van der Waals surface area (Å²) in [6, 6.07) is 24.8. The molecule has 1 spiro atoms. The number of benzene rings is 2. The smallest absolute Gasteiger partial charge is 0.190 e. The molecule has 0 bridgehead atoms. The highest BCUT2D eigenvalue weighted by Crippen LogP contribution is 2.57. The molecule has 6 rings (SSSR count). The summed E-state index contributed by atoms with van der Waals surface area (Å²) in [5.41, 5.74) is 4.74. The van der Waals surface area contributed by atoms with Crippen LogP contribution in [0, 0.1) is 28.6 Å². The largest absolute Gasteiger partial charge is 0.360 e. The first-order valence-electron chi connectivity index (χ1n) is 12.1. The zero-order valence-electron chi connectivity index (χ0n) is 19.2. The van der Waals surface area contributed by atoms with Crippen LogP contribution in [0.1, 0.15) is 42.7 Å². The van der Waals surface area contributed by atoms with Gasteiger partial charge in [0.05, 0.1) is 17.0 Å². The van der Waals surface area contributed by atoms with E-state index in [4.69, 9.17) is 0 Å². The lowest BCUT2D eigenvalue weighted by Gasteiger charge is -2.54. The summed E-state index contributed by atoms with van der Waals surface area (Å²) in [6.45, 7) is 0. The Morgan fingerprint density at radius 1 is 0.943 bits per heavy atom. The normalized spacial score (nSPS) is 26.6. The van der Waals surface area contributed by atoms with Gasteiger partial charge in [-0.2, -0.15) is 10.5 Å². The van der Waals surface area contributed by atoms with Crippen molar-refractivity contribution < 1.29 is 4.79 Å². The maximum atomic E-state index is 13.1. The predicted octanol–water partition coefficient (Wildman–Crippen LogP) is 5.31. The van der Waals surface area contributed by atoms with Crippen LogP contribution in [0.15, 0.2) is 101 Å². The maximum absolute atomic E-state index is 13.1. The van der Waals surface area contributed by atoms with E-state index in [1.807, 2.05) is 30.3 Å². The lowest BCUT2D eigenvalue weighted by molar-refractivity contribution is -0.111. The first-order chi connectivity index (χ1) is 17.2. The molecule has 35 heavy (non-hydrogen) atoms. The Morgan fingerprint density at radius 2 is 1.66 bits per heavy atom. The molecule has 0 aromatic heterocycles. The number of nitrogens with one attached hydrogen (secondary N) is 1. The number of carbonyl (C=O) groups excluding carboxylic acids is 1. The van der Waals surface area contributed by atoms with Crippen molar-refractivity contribution >= 4 is 11.5 Å². The van der Waals surface area contributed by atoms with Gasteiger partial charge in [-0.15, -0.1) is 0 Å². The minimum atomic E-state index is -0.383. The molecule has 2 aliphatic heterocycles. The Hall–Kier alpha value is -4.35. The van der Waals surface area contributed by atoms with Crippen molar-refractivity contribution in [3.63, 3.8) is 0 Å². The molecule has 5 nitrogen and oxygen atoms in total. The number of nitrogens with zero attached hydrogens (tertiary/aromatic N) is 3. The van der Waals surface area contributed by atoms with Crippen molar-refractivity contribution in [3.8, 4) is 12.1 Å². The SMILES string of the molecule is N#CC(C#N)=C1C=C2NC34CCCCC3C(c3ccccc3)C=C(c3ccccc3)N4C2=CC1=O. The zero-order chi connectivity index (χ0) is 24.0. The summed E-state index contributed by atoms with van der Waals surface area (Å²) >= 11 is 0. The third kappa shape index (κ3) is 3.16. The Balaban J connectivity index is 1.59. The number of carbonyl (C=O) groups is 1. The lowest BCUT2D eigenvalue weighted by atomic mass is 9.66. The van der Waals surface area contributed by atoms with Gasteiger partial charge in [0.25, 0.3) is 0 Å². The van der Waals surface area contributed by atoms with Gasteiger partial charge in [-0.3, -0.25) is 4.79 Å². The molecule has 5 heteroatoms. The minimum absolute atomic E-state index is 0.150. The van der Waals surface area contributed by atoms with Crippen LogP contribution in [0.5, 0.6) is 0 Å². The average Bonchev–Trinajstić information content (AvgIpc) is 3.22. The zero-order valence-corrected chi connectivity index (χ0v) is 19.2. The van der Waals surface area contributed by atoms with E-state index in [-0.39, 0.29) is 28.5 Å². The van der Waals surface area contributed by atoms with Gasteiger partial charge in [-0.1, -0.05) is 73.2 Å². The fourth-order valence-corrected chi connectivity index (χ4v) is 6.33. The van der Waals surface area contributed by atoms with Gasteiger partial charge in [0.2, 0.25) is 0 Å². The number of ketones is 1. The van der Waals surface area contributed by atoms with Crippen LogP contribution < -0.4 is 5.32 Å². The van der Waals surface area contributed by atoms with Crippen LogP contribution >= 0.6 is 0 Å². The van der Waals surface area contributed by atoms with Gasteiger partial charge in [0, 0.05) is 23.6 Å². The standard InChI is InChI=1S/C30H24N4O/c31-18-22(19-32)24-15-26-28(17-29(24)35)34-27(21-11-5-2-6-12-21)16-23(20-9-3-1-4-10-20)25-13-7-8-14-30(25,34)33-26/h1-6,9-12,15-17,23,25,33H,7-8,13-14H2. The molecule has 3 atom stereocenters. The van der Waals surface area contributed by atoms with E-state index in [1.165, 1.54) is 5.56 Å². The average molecular weight is 457 g/mol. The first kappa shape index (κ1) is 21.2. The second-order valence-electron chi connectivity index (χ2n) is 9.56. The van der Waals surface area contributed by atoms with E-state index < -0.39 is 0 Å². The molecule has 1 N–H and O–H groups in total. The van der Waals surface area contributed by atoms with E-state index >= 15 is 0 Å². The second kappa shape index (κ2) is 8.15. The third-order valence-corrected chi connectivity index (χ3v) is 7.78. The summed E-state index contributed by atoms with van der Waals surface area (Å²) in [7, 11) is 0. The summed E-state index contributed by atoms with van der Waals surface area (Å²) in [5, 5.41) is 22.7. The van der Waals surface area contributed by atoms with Crippen molar-refractivity contribution in [2.75, 3.05) is 0 Å². The lowest BCUT2D eigenvalue weighted by Crippen LogP contribution is -2.60. The third-order valence-electron chi connectivity index (χ3n) is 7.78. The quantitative estimate of drug-likeness (QED) is 0.489. The van der Waals surface area contributed by atoms with Crippen LogP contribution in [0.2, 0.25) is 0 Å². The molecule has 2 heterocycles. The monoisotopic (exact) mass is 456 g/mol. The van der Waals surface area contributed by atoms with Crippen molar-refractivity contribution in [2.45, 2.75) is 37.3 Å². The summed E-state index contributed by atoms with van der Waals surface area (Å²) in [5.74, 6) is 0.217. The van der Waals surface area contributed by atoms with Crippen molar-refractivity contribution in [1.82, 2.24) is 10.2 Å². The van der Waals surface area contributed by atoms with Crippen LogP contribution in [-0.2, 0) is 4.79 Å². The number of fused-ring (bicyclic) bond motifs is 2. The molecule has 2 aromatic carbocycles. The molecule has 1 saturated carbocycles. The topological polar surface area (TPSA) is 79.9 Å². The van der Waals surface area contributed by atoms with E-state index in [1.54, 1.807) is 12.2 Å². The second-order valence-corrected chi connectivity index (χ2v) is 9.56. The minimum Gasteiger partial charge on any atom is -0.360 e. The molecule has 2 aromatic rings. The predicted molar refractivity (Wildman–Crippen MR) is 133 cm³/mol. The van der Waals surface area contributed by atoms with Crippen molar-refractivity contribution in [2.24, 2.45) is 5.92 Å². The van der Waals surface area contributed by atoms with Crippen LogP contribution in [-0.4, -0.2) is 16.3 Å². The molecule has 0 amide bonds. The summed E-state index contributed by atoms with van der Waals surface area (Å²) in [4.78, 5) is 15.4. The fourth-order valence-electron chi connectivity index (χ4n) is 6.33. The highest BCUT2D eigenvalue weighted by Gasteiger charge is 2.57. The van der Waals surface area contributed by atoms with Gasteiger partial charge in [0.15, 0.2) is 5.78 Å². The van der Waals surface area contributed by atoms with E-state index in [9.17, 15) is 15.3 Å². The molecule has 0 radical (unpaired) electrons. The molecule has 3 unspecified atom stereocenters. The van der Waals surface area contributed by atoms with Gasteiger partial charge in [-0.25, -0.2) is 0 Å². The fraction of sp³-hybridized carbons (Fsp3) is 0.233. The van der Waals surface area contributed by atoms with E-state index in [0.717, 1.165) is 48.3 Å². The number of hydrogen-bond donors (Lipinski definition) is 1. The van der Waals surface area contributed by atoms with Crippen molar-refractivity contribution in [3.05, 3.63) is 113 Å². The Morgan fingerprint density at radius 3 is 2.37 bits per heavy atom. The van der Waals surface area contributed by atoms with Gasteiger partial charge < -0.3 is 10.2 Å². The molecular weight excluding hydrogens is 432 g/mol. The molecule has 4 aliphatic rings.